The van der Waals surface area contributed by atoms with Gasteiger partial charge in [-0.05, 0) is 48.6 Å². The average molecular weight is 366 g/mol. The normalized spacial score (nSPS) is 15.7. The third-order valence-electron chi connectivity index (χ3n) is 5.04. The second-order valence-corrected chi connectivity index (χ2v) is 7.40. The van der Waals surface area contributed by atoms with Crippen LogP contribution in [0.1, 0.15) is 37.8 Å². The van der Waals surface area contributed by atoms with Crippen LogP contribution in [-0.2, 0) is 10.2 Å². The summed E-state index contributed by atoms with van der Waals surface area (Å²) in [4.78, 5) is 12.8. The Morgan fingerprint density at radius 1 is 1.22 bits per heavy atom. The number of nitrogens with zero attached hydrogens (tertiary/aromatic N) is 1. The maximum atomic E-state index is 13.2. The molecule has 3 rings (SSSR count). The molecular weight excluding hydrogens is 343 g/mol. The van der Waals surface area contributed by atoms with Crippen LogP contribution < -0.4 is 10.1 Å². The molecule has 0 spiro atoms. The fourth-order valence-corrected chi connectivity index (χ4v) is 3.17. The van der Waals surface area contributed by atoms with Crippen LogP contribution >= 0.6 is 0 Å². The molecular formula is C22H23FN2O2. The van der Waals surface area contributed by atoms with Crippen molar-refractivity contribution < 1.29 is 13.9 Å². The first-order valence-electron chi connectivity index (χ1n) is 9.15. The zero-order valence-electron chi connectivity index (χ0n) is 15.5. The number of rotatable bonds is 7. The second-order valence-electron chi connectivity index (χ2n) is 7.40. The standard InChI is InChI=1S/C22H23FN2O2/c1-15(2)20(27-19-6-4-3-5-16(19)13-24)21(26)25-14-22(11-12-22)17-7-9-18(23)10-8-17/h3-10,15,20H,11-12,14H2,1-2H3,(H,25,26). The SMILES string of the molecule is CC(C)C(Oc1ccccc1C#N)C(=O)NCC1(c2ccc(F)cc2)CC1. The number of nitrogens with one attached hydrogen (secondary N) is 1. The quantitative estimate of drug-likeness (QED) is 0.807. The Morgan fingerprint density at radius 3 is 2.48 bits per heavy atom. The van der Waals surface area contributed by atoms with Crippen LogP contribution in [-0.4, -0.2) is 18.6 Å². The van der Waals surface area contributed by atoms with E-state index in [1.54, 1.807) is 36.4 Å². The summed E-state index contributed by atoms with van der Waals surface area (Å²) in [5, 5.41) is 12.2. The van der Waals surface area contributed by atoms with Gasteiger partial charge in [0, 0.05) is 12.0 Å². The van der Waals surface area contributed by atoms with Crippen LogP contribution in [0, 0.1) is 23.1 Å². The Kier molecular flexibility index (Phi) is 5.46. The van der Waals surface area contributed by atoms with Gasteiger partial charge in [-0.1, -0.05) is 38.1 Å². The van der Waals surface area contributed by atoms with Gasteiger partial charge in [-0.25, -0.2) is 4.39 Å². The van der Waals surface area contributed by atoms with Gasteiger partial charge in [0.15, 0.2) is 6.10 Å². The number of carbonyl (C=O) groups is 1. The fourth-order valence-electron chi connectivity index (χ4n) is 3.17. The smallest absolute Gasteiger partial charge is 0.261 e. The van der Waals surface area contributed by atoms with Gasteiger partial charge >= 0.3 is 0 Å². The zero-order valence-corrected chi connectivity index (χ0v) is 15.5. The average Bonchev–Trinajstić information content (AvgIpc) is 3.46. The Morgan fingerprint density at radius 2 is 1.89 bits per heavy atom. The van der Waals surface area contributed by atoms with Crippen molar-refractivity contribution in [1.29, 1.82) is 5.26 Å². The number of hydrogen-bond donors (Lipinski definition) is 1. The lowest BCUT2D eigenvalue weighted by atomic mass is 9.95. The lowest BCUT2D eigenvalue weighted by Crippen LogP contribution is -2.44. The van der Waals surface area contributed by atoms with Crippen molar-refractivity contribution in [3.8, 4) is 11.8 Å². The fraction of sp³-hybridized carbons (Fsp3) is 0.364. The Bertz CT molecular complexity index is 851. The van der Waals surface area contributed by atoms with E-state index in [1.165, 1.54) is 12.1 Å². The molecule has 1 atom stereocenters. The largest absolute Gasteiger partial charge is 0.479 e. The number of nitriles is 1. The lowest BCUT2D eigenvalue weighted by Gasteiger charge is -2.24. The molecule has 1 unspecified atom stereocenters. The number of amides is 1. The maximum Gasteiger partial charge on any atom is 0.261 e. The van der Waals surface area contributed by atoms with Gasteiger partial charge in [0.25, 0.3) is 5.91 Å². The van der Waals surface area contributed by atoms with E-state index in [9.17, 15) is 14.4 Å². The van der Waals surface area contributed by atoms with E-state index in [1.807, 2.05) is 13.8 Å². The van der Waals surface area contributed by atoms with Crippen molar-refractivity contribution in [2.45, 2.75) is 38.2 Å². The monoisotopic (exact) mass is 366 g/mol. The molecule has 1 saturated carbocycles. The summed E-state index contributed by atoms with van der Waals surface area (Å²) in [6, 6.07) is 15.5. The highest BCUT2D eigenvalue weighted by atomic mass is 19.1. The van der Waals surface area contributed by atoms with Gasteiger partial charge in [0.05, 0.1) is 5.56 Å². The Hall–Kier alpha value is -2.87. The molecule has 0 heterocycles. The maximum absolute atomic E-state index is 13.2. The minimum Gasteiger partial charge on any atom is -0.479 e. The summed E-state index contributed by atoms with van der Waals surface area (Å²) in [5.41, 5.74) is 1.33. The highest BCUT2D eigenvalue weighted by Gasteiger charge is 2.44. The van der Waals surface area contributed by atoms with Crippen LogP contribution in [0.4, 0.5) is 4.39 Å². The van der Waals surface area contributed by atoms with E-state index in [0.29, 0.717) is 17.9 Å². The van der Waals surface area contributed by atoms with Crippen molar-refractivity contribution in [2.75, 3.05) is 6.54 Å². The van der Waals surface area contributed by atoms with E-state index >= 15 is 0 Å². The molecule has 0 bridgehead atoms. The molecule has 0 radical (unpaired) electrons. The van der Waals surface area contributed by atoms with Gasteiger partial charge in [-0.3, -0.25) is 4.79 Å². The molecule has 5 heteroatoms. The first-order chi connectivity index (χ1) is 12.9. The number of carbonyl (C=O) groups excluding carboxylic acids is 1. The first-order valence-corrected chi connectivity index (χ1v) is 9.15. The molecule has 2 aromatic carbocycles. The van der Waals surface area contributed by atoms with Crippen molar-refractivity contribution >= 4 is 5.91 Å². The van der Waals surface area contributed by atoms with E-state index in [4.69, 9.17) is 4.74 Å². The molecule has 1 amide bonds. The lowest BCUT2D eigenvalue weighted by molar-refractivity contribution is -0.129. The van der Waals surface area contributed by atoms with Crippen molar-refractivity contribution in [2.24, 2.45) is 5.92 Å². The number of ether oxygens (including phenoxy) is 1. The molecule has 1 fully saturated rings. The molecule has 1 aliphatic carbocycles. The number of hydrogen-bond acceptors (Lipinski definition) is 3. The predicted octanol–water partition coefficient (Wildman–Crippen LogP) is 3.95. The van der Waals surface area contributed by atoms with E-state index in [0.717, 1.165) is 18.4 Å². The molecule has 0 aliphatic heterocycles. The molecule has 140 valence electrons. The number of benzene rings is 2. The molecule has 1 N–H and O–H groups in total. The minimum atomic E-state index is -0.691. The summed E-state index contributed by atoms with van der Waals surface area (Å²) >= 11 is 0. The van der Waals surface area contributed by atoms with Crippen LogP contribution in [0.2, 0.25) is 0 Å². The highest BCUT2D eigenvalue weighted by Crippen LogP contribution is 2.47. The predicted molar refractivity (Wildman–Crippen MR) is 101 cm³/mol. The van der Waals surface area contributed by atoms with Crippen molar-refractivity contribution in [1.82, 2.24) is 5.32 Å². The van der Waals surface area contributed by atoms with E-state index < -0.39 is 6.10 Å². The molecule has 4 nitrogen and oxygen atoms in total. The Balaban J connectivity index is 1.67. The van der Waals surface area contributed by atoms with Gasteiger partial charge in [0.2, 0.25) is 0 Å². The van der Waals surface area contributed by atoms with Crippen molar-refractivity contribution in [3.05, 3.63) is 65.5 Å². The topological polar surface area (TPSA) is 62.1 Å². The molecule has 27 heavy (non-hydrogen) atoms. The van der Waals surface area contributed by atoms with Crippen LogP contribution in [0.3, 0.4) is 0 Å². The third-order valence-corrected chi connectivity index (χ3v) is 5.04. The summed E-state index contributed by atoms with van der Waals surface area (Å²) in [6.07, 6.45) is 1.23. The number of para-hydroxylation sites is 1. The highest BCUT2D eigenvalue weighted by molar-refractivity contribution is 5.81. The van der Waals surface area contributed by atoms with Crippen LogP contribution in [0.15, 0.2) is 48.5 Å². The summed E-state index contributed by atoms with van der Waals surface area (Å²) in [5.74, 6) is -0.111. The van der Waals surface area contributed by atoms with Gasteiger partial charge in [-0.15, -0.1) is 0 Å². The number of halogens is 1. The van der Waals surface area contributed by atoms with E-state index in [-0.39, 0.29) is 23.1 Å². The summed E-state index contributed by atoms with van der Waals surface area (Å²) in [7, 11) is 0. The Labute approximate surface area is 159 Å². The van der Waals surface area contributed by atoms with Gasteiger partial charge < -0.3 is 10.1 Å². The molecule has 0 aromatic heterocycles. The minimum absolute atomic E-state index is 0.0577. The molecule has 2 aromatic rings. The second kappa shape index (κ2) is 7.79. The van der Waals surface area contributed by atoms with Crippen LogP contribution in [0.5, 0.6) is 5.75 Å². The van der Waals surface area contributed by atoms with Crippen LogP contribution in [0.25, 0.3) is 0 Å². The summed E-state index contributed by atoms with van der Waals surface area (Å²) in [6.45, 7) is 4.31. The van der Waals surface area contributed by atoms with E-state index in [2.05, 4.69) is 11.4 Å². The summed E-state index contributed by atoms with van der Waals surface area (Å²) < 4.78 is 19.0. The van der Waals surface area contributed by atoms with Gasteiger partial charge in [-0.2, -0.15) is 5.26 Å². The molecule has 1 aliphatic rings. The zero-order chi connectivity index (χ0) is 19.4. The van der Waals surface area contributed by atoms with Gasteiger partial charge in [0.1, 0.15) is 17.6 Å². The van der Waals surface area contributed by atoms with Crippen molar-refractivity contribution in [3.63, 3.8) is 0 Å². The molecule has 0 saturated heterocycles. The third kappa shape index (κ3) is 4.28. The first kappa shape index (κ1) is 18.9.